The number of primary amides is 1. The number of nitrogens with two attached hydrogens (primary N) is 1. The summed E-state index contributed by atoms with van der Waals surface area (Å²) in [5, 5.41) is 3.85. The van der Waals surface area contributed by atoms with Crippen molar-refractivity contribution in [3.63, 3.8) is 0 Å². The van der Waals surface area contributed by atoms with Crippen LogP contribution < -0.4 is 10.5 Å². The van der Waals surface area contributed by atoms with Gasteiger partial charge in [0.05, 0.1) is 16.8 Å². The Kier molecular flexibility index (Phi) is 5.00. The molecule has 0 radical (unpaired) electrons. The molecule has 7 heteroatoms. The molecule has 0 saturated heterocycles. The van der Waals surface area contributed by atoms with E-state index in [2.05, 4.69) is 5.16 Å². The molecule has 1 heterocycles. The summed E-state index contributed by atoms with van der Waals surface area (Å²) in [6.45, 7) is 5.32. The molecule has 0 aliphatic heterocycles. The lowest BCUT2D eigenvalue weighted by atomic mass is 10.2. The standard InChI is InChI=1S/C16H18N2O5/c1-9-14(10(2)23-18-9)8-21-13-6-4-5-12(7-13)16(20)22-11(3)15(17)19/h4-7,11H,8H2,1-3H3,(H2,17,19). The molecule has 0 fully saturated rings. The van der Waals surface area contributed by atoms with Gasteiger partial charge >= 0.3 is 5.97 Å². The van der Waals surface area contributed by atoms with E-state index in [0.29, 0.717) is 11.5 Å². The van der Waals surface area contributed by atoms with E-state index in [4.69, 9.17) is 19.7 Å². The molecule has 0 bridgehead atoms. The first-order valence-corrected chi connectivity index (χ1v) is 7.03. The maximum atomic E-state index is 11.9. The van der Waals surface area contributed by atoms with Gasteiger partial charge in [0.25, 0.3) is 5.91 Å². The molecule has 0 saturated carbocycles. The molecule has 1 aromatic heterocycles. The predicted octanol–water partition coefficient (Wildman–Crippen LogP) is 1.90. The molecule has 2 rings (SSSR count). The molecule has 1 aromatic carbocycles. The quantitative estimate of drug-likeness (QED) is 0.816. The summed E-state index contributed by atoms with van der Waals surface area (Å²) in [5.41, 5.74) is 6.96. The van der Waals surface area contributed by atoms with Gasteiger partial charge in [0.15, 0.2) is 6.10 Å². The number of carbonyl (C=O) groups is 2. The minimum Gasteiger partial charge on any atom is -0.489 e. The number of aromatic nitrogens is 1. The topological polar surface area (TPSA) is 105 Å². The molecular weight excluding hydrogens is 300 g/mol. The minimum absolute atomic E-state index is 0.273. The van der Waals surface area contributed by atoms with Gasteiger partial charge in [-0.15, -0.1) is 0 Å². The number of esters is 1. The highest BCUT2D eigenvalue weighted by atomic mass is 16.5. The predicted molar refractivity (Wildman–Crippen MR) is 80.8 cm³/mol. The Morgan fingerprint density at radius 2 is 2.09 bits per heavy atom. The van der Waals surface area contributed by atoms with Crippen molar-refractivity contribution < 1.29 is 23.6 Å². The molecule has 2 N–H and O–H groups in total. The Morgan fingerprint density at radius 3 is 2.70 bits per heavy atom. The van der Waals surface area contributed by atoms with Crippen molar-refractivity contribution in [2.75, 3.05) is 0 Å². The number of nitrogens with zero attached hydrogens (tertiary/aromatic N) is 1. The van der Waals surface area contributed by atoms with Gasteiger partial charge in [-0.1, -0.05) is 11.2 Å². The second-order valence-electron chi connectivity index (χ2n) is 5.07. The van der Waals surface area contributed by atoms with Crippen LogP contribution >= 0.6 is 0 Å². The molecular formula is C16H18N2O5. The Hall–Kier alpha value is -2.83. The van der Waals surface area contributed by atoms with Gasteiger partial charge in [-0.3, -0.25) is 4.79 Å². The van der Waals surface area contributed by atoms with Gasteiger partial charge in [0.1, 0.15) is 18.1 Å². The normalized spacial score (nSPS) is 11.8. The minimum atomic E-state index is -0.991. The van der Waals surface area contributed by atoms with Crippen molar-refractivity contribution in [1.29, 1.82) is 0 Å². The zero-order valence-electron chi connectivity index (χ0n) is 13.2. The van der Waals surface area contributed by atoms with Crippen LogP contribution in [0.1, 0.15) is 34.3 Å². The summed E-state index contributed by atoms with van der Waals surface area (Å²) >= 11 is 0. The third kappa shape index (κ3) is 4.09. The van der Waals surface area contributed by atoms with Gasteiger partial charge < -0.3 is 19.7 Å². The average molecular weight is 318 g/mol. The van der Waals surface area contributed by atoms with Crippen LogP contribution in [0.5, 0.6) is 5.75 Å². The fourth-order valence-corrected chi connectivity index (χ4v) is 1.86. The molecule has 122 valence electrons. The van der Waals surface area contributed by atoms with Crippen LogP contribution in [-0.4, -0.2) is 23.1 Å². The van der Waals surface area contributed by atoms with E-state index in [1.807, 2.05) is 6.92 Å². The van der Waals surface area contributed by atoms with Crippen molar-refractivity contribution in [3.05, 3.63) is 46.8 Å². The molecule has 1 amide bonds. The first kappa shape index (κ1) is 16.5. The Balaban J connectivity index is 2.05. The number of amides is 1. The number of hydrogen-bond donors (Lipinski definition) is 1. The van der Waals surface area contributed by atoms with E-state index in [-0.39, 0.29) is 12.2 Å². The van der Waals surface area contributed by atoms with E-state index in [0.717, 1.165) is 11.3 Å². The molecule has 23 heavy (non-hydrogen) atoms. The van der Waals surface area contributed by atoms with Crippen LogP contribution in [-0.2, 0) is 16.1 Å². The smallest absolute Gasteiger partial charge is 0.339 e. The van der Waals surface area contributed by atoms with Gasteiger partial charge in [0.2, 0.25) is 0 Å². The van der Waals surface area contributed by atoms with E-state index in [9.17, 15) is 9.59 Å². The molecule has 7 nitrogen and oxygen atoms in total. The SMILES string of the molecule is Cc1noc(C)c1COc1cccc(C(=O)OC(C)C(N)=O)c1. The van der Waals surface area contributed by atoms with Crippen LogP contribution in [0.4, 0.5) is 0 Å². The molecule has 0 spiro atoms. The van der Waals surface area contributed by atoms with E-state index in [1.54, 1.807) is 25.1 Å². The van der Waals surface area contributed by atoms with Crippen LogP contribution in [0.25, 0.3) is 0 Å². The zero-order chi connectivity index (χ0) is 17.0. The third-order valence-electron chi connectivity index (χ3n) is 3.32. The fraction of sp³-hybridized carbons (Fsp3) is 0.312. The van der Waals surface area contributed by atoms with Gasteiger partial charge in [-0.25, -0.2) is 4.79 Å². The van der Waals surface area contributed by atoms with Crippen LogP contribution in [0.15, 0.2) is 28.8 Å². The summed E-state index contributed by atoms with van der Waals surface area (Å²) in [4.78, 5) is 22.9. The average Bonchev–Trinajstić information content (AvgIpc) is 2.84. The summed E-state index contributed by atoms with van der Waals surface area (Å²) in [6, 6.07) is 6.48. The number of rotatable bonds is 6. The number of aryl methyl sites for hydroxylation is 2. The monoisotopic (exact) mass is 318 g/mol. The van der Waals surface area contributed by atoms with Gasteiger partial charge in [-0.05, 0) is 39.0 Å². The second kappa shape index (κ2) is 6.95. The lowest BCUT2D eigenvalue weighted by Crippen LogP contribution is -2.30. The third-order valence-corrected chi connectivity index (χ3v) is 3.32. The van der Waals surface area contributed by atoms with E-state index >= 15 is 0 Å². The van der Waals surface area contributed by atoms with Crippen molar-refractivity contribution >= 4 is 11.9 Å². The summed E-state index contributed by atoms with van der Waals surface area (Å²) < 4.78 is 15.7. The molecule has 0 aliphatic carbocycles. The van der Waals surface area contributed by atoms with Crippen LogP contribution in [0.3, 0.4) is 0 Å². The highest BCUT2D eigenvalue weighted by Gasteiger charge is 2.17. The number of carbonyl (C=O) groups excluding carboxylic acids is 2. The summed E-state index contributed by atoms with van der Waals surface area (Å²) in [6.07, 6.45) is -0.991. The fourth-order valence-electron chi connectivity index (χ4n) is 1.86. The molecule has 0 aliphatic rings. The Morgan fingerprint density at radius 1 is 1.35 bits per heavy atom. The first-order valence-electron chi connectivity index (χ1n) is 7.03. The highest BCUT2D eigenvalue weighted by molar-refractivity contribution is 5.92. The molecule has 1 unspecified atom stereocenters. The van der Waals surface area contributed by atoms with Crippen LogP contribution in [0.2, 0.25) is 0 Å². The maximum Gasteiger partial charge on any atom is 0.339 e. The zero-order valence-corrected chi connectivity index (χ0v) is 13.2. The number of benzene rings is 1. The summed E-state index contributed by atoms with van der Waals surface area (Å²) in [7, 11) is 0. The number of hydrogen-bond acceptors (Lipinski definition) is 6. The Labute approximate surface area is 133 Å². The summed E-state index contributed by atoms with van der Waals surface area (Å²) in [5.74, 6) is -0.164. The van der Waals surface area contributed by atoms with Crippen molar-refractivity contribution in [2.45, 2.75) is 33.5 Å². The van der Waals surface area contributed by atoms with Gasteiger partial charge in [0, 0.05) is 0 Å². The number of ether oxygens (including phenoxy) is 2. The largest absolute Gasteiger partial charge is 0.489 e. The molecule has 2 aromatic rings. The lowest BCUT2D eigenvalue weighted by Gasteiger charge is -2.11. The van der Waals surface area contributed by atoms with E-state index in [1.165, 1.54) is 13.0 Å². The van der Waals surface area contributed by atoms with Crippen LogP contribution in [0, 0.1) is 13.8 Å². The highest BCUT2D eigenvalue weighted by Crippen LogP contribution is 2.19. The molecule has 1 atom stereocenters. The second-order valence-corrected chi connectivity index (χ2v) is 5.07. The van der Waals surface area contributed by atoms with Crippen molar-refractivity contribution in [1.82, 2.24) is 5.16 Å². The van der Waals surface area contributed by atoms with E-state index < -0.39 is 18.0 Å². The van der Waals surface area contributed by atoms with Gasteiger partial charge in [-0.2, -0.15) is 0 Å². The Bertz CT molecular complexity index is 704. The lowest BCUT2D eigenvalue weighted by molar-refractivity contribution is -0.125. The van der Waals surface area contributed by atoms with Crippen molar-refractivity contribution in [2.24, 2.45) is 5.73 Å². The maximum absolute atomic E-state index is 11.9. The van der Waals surface area contributed by atoms with Crippen molar-refractivity contribution in [3.8, 4) is 5.75 Å². The first-order chi connectivity index (χ1) is 10.9.